The maximum absolute atomic E-state index is 11.0. The molecule has 1 aliphatic heterocycles. The third-order valence-corrected chi connectivity index (χ3v) is 2.57. The fourth-order valence-electron chi connectivity index (χ4n) is 0.949. The zero-order valence-electron chi connectivity index (χ0n) is 6.80. The molecule has 8 nitrogen and oxygen atoms in total. The van der Waals surface area contributed by atoms with Crippen LogP contribution in [0.2, 0.25) is 0 Å². The molecule has 0 saturated carbocycles. The molecule has 0 radical (unpaired) electrons. The fourth-order valence-corrected chi connectivity index (χ4v) is 1.79. The number of rotatable bonds is 2. The van der Waals surface area contributed by atoms with Crippen LogP contribution in [0, 0.1) is 10.1 Å². The first kappa shape index (κ1) is 9.71. The summed E-state index contributed by atoms with van der Waals surface area (Å²) in [4.78, 5) is 9.98. The molecule has 0 aromatic rings. The number of guanidine groups is 1. The van der Waals surface area contributed by atoms with Gasteiger partial charge >= 0.3 is 0 Å². The Kier molecular flexibility index (Phi) is 2.36. The maximum Gasteiger partial charge on any atom is 0.285 e. The normalized spacial score (nSPS) is 20.4. The highest BCUT2D eigenvalue weighted by molar-refractivity contribution is 7.88. The van der Waals surface area contributed by atoms with Crippen molar-refractivity contribution < 1.29 is 13.5 Å². The predicted molar refractivity (Wildman–Crippen MR) is 44.0 cm³/mol. The number of hydrazone groups is 1. The first-order chi connectivity index (χ1) is 5.91. The van der Waals surface area contributed by atoms with Gasteiger partial charge in [-0.25, -0.2) is 22.8 Å². The third-order valence-electron chi connectivity index (χ3n) is 1.41. The summed E-state index contributed by atoms with van der Waals surface area (Å²) in [5.74, 6) is -0.229. The van der Waals surface area contributed by atoms with Gasteiger partial charge in [0.05, 0.1) is 12.8 Å². The van der Waals surface area contributed by atoms with E-state index in [0.717, 1.165) is 10.6 Å². The number of hydrogen-bond donors (Lipinski definition) is 1. The lowest BCUT2D eigenvalue weighted by atomic mass is 10.7. The number of sulfonamides is 1. The summed E-state index contributed by atoms with van der Waals surface area (Å²) in [6.07, 6.45) is 0.968. The quantitative estimate of drug-likeness (QED) is 0.434. The van der Waals surface area contributed by atoms with Crippen LogP contribution < -0.4 is 5.32 Å². The summed E-state index contributed by atoms with van der Waals surface area (Å²) in [7, 11) is -3.46. The zero-order valence-corrected chi connectivity index (χ0v) is 7.61. The molecule has 0 aromatic heterocycles. The van der Waals surface area contributed by atoms with Crippen molar-refractivity contribution in [3.8, 4) is 0 Å². The first-order valence-electron chi connectivity index (χ1n) is 3.36. The first-order valence-corrected chi connectivity index (χ1v) is 5.20. The zero-order chi connectivity index (χ0) is 10.1. The molecule has 1 aliphatic rings. The fraction of sp³-hybridized carbons (Fsp3) is 0.750. The minimum atomic E-state index is -3.46. The van der Waals surface area contributed by atoms with Gasteiger partial charge in [-0.15, -0.1) is 0 Å². The summed E-state index contributed by atoms with van der Waals surface area (Å²) in [5.41, 5.74) is 0. The number of nitro groups is 1. The number of hydrogen-bond acceptors (Lipinski definition) is 4. The van der Waals surface area contributed by atoms with Gasteiger partial charge in [-0.1, -0.05) is 0 Å². The monoisotopic (exact) mass is 208 g/mol. The molecule has 1 saturated heterocycles. The lowest BCUT2D eigenvalue weighted by Gasteiger charge is -2.11. The van der Waals surface area contributed by atoms with Crippen LogP contribution in [0.25, 0.3) is 0 Å². The van der Waals surface area contributed by atoms with E-state index in [1.165, 1.54) is 0 Å². The summed E-state index contributed by atoms with van der Waals surface area (Å²) < 4.78 is 22.9. The Morgan fingerprint density at radius 2 is 2.31 bits per heavy atom. The second kappa shape index (κ2) is 3.17. The summed E-state index contributed by atoms with van der Waals surface area (Å²) >= 11 is 0. The van der Waals surface area contributed by atoms with Gasteiger partial charge in [-0.3, -0.25) is 0 Å². The SMILES string of the molecule is CS(=O)(=O)N1CCN/C1=N\[N+](=O)[O-]. The highest BCUT2D eigenvalue weighted by atomic mass is 32.2. The number of nitrogens with zero attached hydrogens (tertiary/aromatic N) is 3. The molecule has 0 amide bonds. The molecule has 74 valence electrons. The van der Waals surface area contributed by atoms with Crippen molar-refractivity contribution in [2.45, 2.75) is 0 Å². The second-order valence-electron chi connectivity index (χ2n) is 2.42. The topological polar surface area (TPSA) is 105 Å². The van der Waals surface area contributed by atoms with Gasteiger partial charge in [0.25, 0.3) is 5.96 Å². The van der Waals surface area contributed by atoms with E-state index < -0.39 is 15.1 Å². The molecule has 0 bridgehead atoms. The molecule has 13 heavy (non-hydrogen) atoms. The van der Waals surface area contributed by atoms with E-state index in [2.05, 4.69) is 10.4 Å². The second-order valence-corrected chi connectivity index (χ2v) is 4.33. The van der Waals surface area contributed by atoms with Gasteiger partial charge in [0.1, 0.15) is 5.10 Å². The Morgan fingerprint density at radius 1 is 1.69 bits per heavy atom. The standard InChI is InChI=1S/C4H8N4O4S/c1-13(11,12)7-3-2-5-4(7)6-8(9)10/h2-3H2,1H3,(H,5,6). The van der Waals surface area contributed by atoms with Gasteiger partial charge < -0.3 is 5.32 Å². The van der Waals surface area contributed by atoms with Crippen molar-refractivity contribution in [3.63, 3.8) is 0 Å². The van der Waals surface area contributed by atoms with Crippen LogP contribution in [0.15, 0.2) is 5.10 Å². The van der Waals surface area contributed by atoms with Crippen molar-refractivity contribution in [1.29, 1.82) is 0 Å². The Hall–Kier alpha value is -1.38. The number of nitrogens with one attached hydrogen (secondary N) is 1. The van der Waals surface area contributed by atoms with Crippen LogP contribution in [0.1, 0.15) is 0 Å². The Morgan fingerprint density at radius 3 is 2.77 bits per heavy atom. The van der Waals surface area contributed by atoms with Crippen LogP contribution >= 0.6 is 0 Å². The molecule has 9 heteroatoms. The summed E-state index contributed by atoms with van der Waals surface area (Å²) in [6, 6.07) is 0. The largest absolute Gasteiger partial charge is 0.348 e. The van der Waals surface area contributed by atoms with Gasteiger partial charge in [-0.2, -0.15) is 0 Å². The lowest BCUT2D eigenvalue weighted by Crippen LogP contribution is -2.35. The van der Waals surface area contributed by atoms with Crippen molar-refractivity contribution >= 4 is 16.0 Å². The molecule has 1 fully saturated rings. The van der Waals surface area contributed by atoms with E-state index in [0.29, 0.717) is 6.54 Å². The van der Waals surface area contributed by atoms with Crippen molar-refractivity contribution in [2.75, 3.05) is 19.3 Å². The lowest BCUT2D eigenvalue weighted by molar-refractivity contribution is -0.485. The average molecular weight is 208 g/mol. The van der Waals surface area contributed by atoms with Crippen molar-refractivity contribution in [1.82, 2.24) is 9.62 Å². The molecule has 1 N–H and O–H groups in total. The Balaban J connectivity index is 2.95. The van der Waals surface area contributed by atoms with E-state index in [9.17, 15) is 18.5 Å². The molecular weight excluding hydrogens is 200 g/mol. The molecule has 0 atom stereocenters. The average Bonchev–Trinajstić information content (AvgIpc) is 2.31. The molecule has 0 spiro atoms. The van der Waals surface area contributed by atoms with Crippen molar-refractivity contribution in [2.24, 2.45) is 5.10 Å². The van der Waals surface area contributed by atoms with Gasteiger partial charge in [0, 0.05) is 6.54 Å². The Bertz CT molecular complexity index is 347. The van der Waals surface area contributed by atoms with Crippen LogP contribution in [0.3, 0.4) is 0 Å². The van der Waals surface area contributed by atoms with Gasteiger partial charge in [0.15, 0.2) is 5.03 Å². The minimum Gasteiger partial charge on any atom is -0.348 e. The van der Waals surface area contributed by atoms with Gasteiger partial charge in [-0.05, 0) is 0 Å². The Labute approximate surface area is 74.4 Å². The van der Waals surface area contributed by atoms with Crippen molar-refractivity contribution in [3.05, 3.63) is 10.1 Å². The highest BCUT2D eigenvalue weighted by Crippen LogP contribution is 2.03. The summed E-state index contributed by atoms with van der Waals surface area (Å²) in [6.45, 7) is 0.505. The molecule has 1 heterocycles. The van der Waals surface area contributed by atoms with Crippen LogP contribution in [0.5, 0.6) is 0 Å². The van der Waals surface area contributed by atoms with Crippen LogP contribution in [-0.2, 0) is 10.0 Å². The van der Waals surface area contributed by atoms with Crippen LogP contribution in [-0.4, -0.2) is 43.1 Å². The molecular formula is C4H8N4O4S. The van der Waals surface area contributed by atoms with E-state index >= 15 is 0 Å². The van der Waals surface area contributed by atoms with E-state index in [4.69, 9.17) is 0 Å². The highest BCUT2D eigenvalue weighted by Gasteiger charge is 2.28. The molecule has 0 aliphatic carbocycles. The maximum atomic E-state index is 11.0. The van der Waals surface area contributed by atoms with E-state index in [-0.39, 0.29) is 12.5 Å². The molecule has 1 rings (SSSR count). The van der Waals surface area contributed by atoms with Crippen LogP contribution in [0.4, 0.5) is 0 Å². The molecule has 0 aromatic carbocycles. The minimum absolute atomic E-state index is 0.172. The third kappa shape index (κ3) is 2.28. The predicted octanol–water partition coefficient (Wildman–Crippen LogP) is -1.60. The van der Waals surface area contributed by atoms with E-state index in [1.54, 1.807) is 0 Å². The molecule has 0 unspecified atom stereocenters. The van der Waals surface area contributed by atoms with E-state index in [1.807, 2.05) is 0 Å². The van der Waals surface area contributed by atoms with Gasteiger partial charge in [0.2, 0.25) is 10.0 Å². The smallest absolute Gasteiger partial charge is 0.285 e. The summed E-state index contributed by atoms with van der Waals surface area (Å²) in [5, 5.41) is 14.4.